The third-order valence-corrected chi connectivity index (χ3v) is 5.17. The van der Waals surface area contributed by atoms with Crippen molar-refractivity contribution in [3.8, 4) is 0 Å². The predicted octanol–water partition coefficient (Wildman–Crippen LogP) is 3.03. The van der Waals surface area contributed by atoms with Crippen LogP contribution in [0.4, 0.5) is 10.5 Å². The monoisotopic (exact) mass is 394 g/mol. The number of nitrogens with one attached hydrogen (secondary N) is 2. The molecular formula is C22H26N4O3. The summed E-state index contributed by atoms with van der Waals surface area (Å²) in [7, 11) is 2.00. The quantitative estimate of drug-likeness (QED) is 0.708. The molecule has 1 unspecified atom stereocenters. The number of rotatable bonds is 7. The van der Waals surface area contributed by atoms with Crippen LogP contribution in [0, 0.1) is 0 Å². The van der Waals surface area contributed by atoms with Gasteiger partial charge in [0.25, 0.3) is 11.8 Å². The summed E-state index contributed by atoms with van der Waals surface area (Å²) in [6.07, 6.45) is 2.20. The first-order valence-electron chi connectivity index (χ1n) is 9.71. The van der Waals surface area contributed by atoms with Gasteiger partial charge in [0, 0.05) is 24.8 Å². The topological polar surface area (TPSA) is 81.8 Å². The van der Waals surface area contributed by atoms with E-state index in [1.807, 2.05) is 25.2 Å². The molecule has 2 aromatic rings. The smallest absolute Gasteiger partial charge is 0.344 e. The molecule has 3 rings (SSSR count). The molecule has 1 aliphatic heterocycles. The summed E-state index contributed by atoms with van der Waals surface area (Å²) < 4.78 is 0. The van der Waals surface area contributed by atoms with Crippen molar-refractivity contribution in [3.63, 3.8) is 0 Å². The molecule has 152 valence electrons. The van der Waals surface area contributed by atoms with Crippen LogP contribution in [0.2, 0.25) is 0 Å². The standard InChI is InChI=1S/C22H26N4O3/c1-4-5-15-25(3)18-13-11-16(12-14-18)19(27)24-26-20(28)22(2,23-21(26)29)17-9-7-6-8-10-17/h6-14H,4-5,15H2,1-3H3,(H,23,29)(H,24,27). The number of amides is 4. The van der Waals surface area contributed by atoms with E-state index in [2.05, 4.69) is 22.6 Å². The number of nitrogens with zero attached hydrogens (tertiary/aromatic N) is 2. The molecule has 2 aromatic carbocycles. The van der Waals surface area contributed by atoms with Crippen molar-refractivity contribution in [2.75, 3.05) is 18.5 Å². The Hall–Kier alpha value is -3.35. The minimum absolute atomic E-state index is 0.367. The van der Waals surface area contributed by atoms with Gasteiger partial charge in [-0.1, -0.05) is 43.7 Å². The summed E-state index contributed by atoms with van der Waals surface area (Å²) in [5.41, 5.74) is 3.21. The van der Waals surface area contributed by atoms with Crippen LogP contribution in [0.15, 0.2) is 54.6 Å². The van der Waals surface area contributed by atoms with E-state index in [1.54, 1.807) is 43.3 Å². The molecule has 1 aliphatic rings. The van der Waals surface area contributed by atoms with Crippen LogP contribution < -0.4 is 15.6 Å². The van der Waals surface area contributed by atoms with Gasteiger partial charge in [0.05, 0.1) is 0 Å². The SMILES string of the molecule is CCCCN(C)c1ccc(C(=O)NN2C(=O)NC(C)(c3ccccc3)C2=O)cc1. The fourth-order valence-electron chi connectivity index (χ4n) is 3.27. The average Bonchev–Trinajstić information content (AvgIpc) is 2.96. The van der Waals surface area contributed by atoms with Gasteiger partial charge in [-0.3, -0.25) is 15.0 Å². The van der Waals surface area contributed by atoms with Gasteiger partial charge in [-0.25, -0.2) is 4.79 Å². The molecule has 0 spiro atoms. The van der Waals surface area contributed by atoms with Crippen molar-refractivity contribution in [1.29, 1.82) is 0 Å². The summed E-state index contributed by atoms with van der Waals surface area (Å²) >= 11 is 0. The van der Waals surface area contributed by atoms with Crippen LogP contribution in [0.25, 0.3) is 0 Å². The lowest BCUT2D eigenvalue weighted by atomic mass is 9.92. The number of carbonyl (C=O) groups excluding carboxylic acids is 3. The zero-order valence-electron chi connectivity index (χ0n) is 16.9. The third-order valence-electron chi connectivity index (χ3n) is 5.17. The third kappa shape index (κ3) is 4.08. The number of urea groups is 1. The summed E-state index contributed by atoms with van der Waals surface area (Å²) in [6, 6.07) is 15.3. The maximum atomic E-state index is 12.9. The van der Waals surface area contributed by atoms with Crippen molar-refractivity contribution >= 4 is 23.5 Å². The molecule has 1 saturated heterocycles. The summed E-state index contributed by atoms with van der Waals surface area (Å²) in [5, 5.41) is 3.41. The molecule has 4 amide bonds. The molecule has 29 heavy (non-hydrogen) atoms. The van der Waals surface area contributed by atoms with Gasteiger partial charge < -0.3 is 10.2 Å². The second-order valence-corrected chi connectivity index (χ2v) is 7.32. The van der Waals surface area contributed by atoms with E-state index >= 15 is 0 Å². The van der Waals surface area contributed by atoms with Gasteiger partial charge >= 0.3 is 6.03 Å². The Bertz CT molecular complexity index is 898. The highest BCUT2D eigenvalue weighted by Gasteiger charge is 2.50. The van der Waals surface area contributed by atoms with E-state index < -0.39 is 23.4 Å². The Morgan fingerprint density at radius 2 is 1.76 bits per heavy atom. The minimum Gasteiger partial charge on any atom is -0.375 e. The largest absolute Gasteiger partial charge is 0.375 e. The highest BCUT2D eigenvalue weighted by molar-refractivity contribution is 6.09. The van der Waals surface area contributed by atoms with Gasteiger partial charge in [-0.2, -0.15) is 5.01 Å². The van der Waals surface area contributed by atoms with Crippen molar-refractivity contribution in [3.05, 3.63) is 65.7 Å². The average molecular weight is 394 g/mol. The number of hydrogen-bond acceptors (Lipinski definition) is 4. The zero-order chi connectivity index (χ0) is 21.0. The van der Waals surface area contributed by atoms with Crippen molar-refractivity contribution in [2.45, 2.75) is 32.2 Å². The van der Waals surface area contributed by atoms with Crippen LogP contribution in [0.3, 0.4) is 0 Å². The zero-order valence-corrected chi connectivity index (χ0v) is 16.9. The second-order valence-electron chi connectivity index (χ2n) is 7.32. The predicted molar refractivity (Wildman–Crippen MR) is 111 cm³/mol. The molecule has 1 atom stereocenters. The lowest BCUT2D eigenvalue weighted by molar-refractivity contribution is -0.132. The molecule has 0 aromatic heterocycles. The molecule has 0 saturated carbocycles. The highest BCUT2D eigenvalue weighted by atomic mass is 16.2. The number of hydrogen-bond donors (Lipinski definition) is 2. The van der Waals surface area contributed by atoms with Gasteiger partial charge in [0.2, 0.25) is 0 Å². The van der Waals surface area contributed by atoms with E-state index in [-0.39, 0.29) is 0 Å². The summed E-state index contributed by atoms with van der Waals surface area (Å²) in [4.78, 5) is 39.9. The molecule has 2 N–H and O–H groups in total. The van der Waals surface area contributed by atoms with Gasteiger partial charge in [0.15, 0.2) is 0 Å². The Balaban J connectivity index is 1.70. The maximum absolute atomic E-state index is 12.9. The van der Waals surface area contributed by atoms with Crippen molar-refractivity contribution < 1.29 is 14.4 Å². The summed E-state index contributed by atoms with van der Waals surface area (Å²) in [5.74, 6) is -1.05. The minimum atomic E-state index is -1.22. The van der Waals surface area contributed by atoms with Gasteiger partial charge in [-0.15, -0.1) is 0 Å². The molecule has 7 heteroatoms. The lowest BCUT2D eigenvalue weighted by Crippen LogP contribution is -2.47. The Morgan fingerprint density at radius 3 is 2.38 bits per heavy atom. The molecule has 0 bridgehead atoms. The number of carbonyl (C=O) groups is 3. The highest BCUT2D eigenvalue weighted by Crippen LogP contribution is 2.27. The molecule has 0 radical (unpaired) electrons. The van der Waals surface area contributed by atoms with E-state index in [9.17, 15) is 14.4 Å². The first kappa shape index (κ1) is 20.4. The lowest BCUT2D eigenvalue weighted by Gasteiger charge is -2.22. The first-order valence-corrected chi connectivity index (χ1v) is 9.71. The normalized spacial score (nSPS) is 18.5. The molecule has 1 fully saturated rings. The number of imide groups is 1. The second kappa shape index (κ2) is 8.34. The van der Waals surface area contributed by atoms with Crippen LogP contribution in [-0.4, -0.2) is 36.4 Å². The van der Waals surface area contributed by atoms with Crippen LogP contribution in [-0.2, 0) is 10.3 Å². The molecule has 0 aliphatic carbocycles. The van der Waals surface area contributed by atoms with Crippen LogP contribution in [0.1, 0.15) is 42.6 Å². The first-order chi connectivity index (χ1) is 13.9. The number of unbranched alkanes of at least 4 members (excludes halogenated alkanes) is 1. The fourth-order valence-corrected chi connectivity index (χ4v) is 3.27. The molecule has 1 heterocycles. The Kier molecular flexibility index (Phi) is 5.87. The Labute approximate surface area is 170 Å². The van der Waals surface area contributed by atoms with E-state index in [4.69, 9.17) is 0 Å². The van der Waals surface area contributed by atoms with Crippen molar-refractivity contribution in [2.24, 2.45) is 0 Å². The van der Waals surface area contributed by atoms with Crippen LogP contribution >= 0.6 is 0 Å². The van der Waals surface area contributed by atoms with Crippen molar-refractivity contribution in [1.82, 2.24) is 15.8 Å². The Morgan fingerprint density at radius 1 is 1.10 bits per heavy atom. The number of hydrazine groups is 1. The molecular weight excluding hydrogens is 368 g/mol. The van der Waals surface area contributed by atoms with Crippen LogP contribution in [0.5, 0.6) is 0 Å². The number of benzene rings is 2. The van der Waals surface area contributed by atoms with Gasteiger partial charge in [0.1, 0.15) is 5.54 Å². The van der Waals surface area contributed by atoms with Gasteiger partial charge in [-0.05, 0) is 43.2 Å². The fraction of sp³-hybridized carbons (Fsp3) is 0.318. The van der Waals surface area contributed by atoms with E-state index in [0.29, 0.717) is 11.1 Å². The van der Waals surface area contributed by atoms with E-state index in [1.165, 1.54) is 0 Å². The maximum Gasteiger partial charge on any atom is 0.344 e. The van der Waals surface area contributed by atoms with E-state index in [0.717, 1.165) is 30.1 Å². The number of anilines is 1. The summed E-state index contributed by atoms with van der Waals surface area (Å²) in [6.45, 7) is 4.69. The molecule has 7 nitrogen and oxygen atoms in total.